The van der Waals surface area contributed by atoms with E-state index in [1.807, 2.05) is 26.0 Å². The molecule has 0 heterocycles. The molecule has 1 aromatic rings. The molecule has 2 N–H and O–H groups in total. The van der Waals surface area contributed by atoms with E-state index in [1.54, 1.807) is 0 Å². The first kappa shape index (κ1) is 22.1. The summed E-state index contributed by atoms with van der Waals surface area (Å²) in [5.74, 6) is -0.760. The number of hydrogen-bond donors (Lipinski definition) is 2. The summed E-state index contributed by atoms with van der Waals surface area (Å²) in [7, 11) is 0. The van der Waals surface area contributed by atoms with Crippen molar-refractivity contribution in [1.29, 1.82) is 0 Å². The van der Waals surface area contributed by atoms with Crippen molar-refractivity contribution >= 4 is 11.8 Å². The van der Waals surface area contributed by atoms with Gasteiger partial charge >= 0.3 is 5.97 Å². The number of aliphatic hydroxyl groups excluding tert-OH is 1. The number of phenolic OH excluding ortho intramolecular Hbond substituents is 1. The summed E-state index contributed by atoms with van der Waals surface area (Å²) in [5, 5.41) is 20.4. The minimum atomic E-state index is -0.499. The molecule has 0 spiro atoms. The molecular formula is C27H30O5. The van der Waals surface area contributed by atoms with E-state index in [2.05, 4.69) is 19.9 Å². The second-order valence-electron chi connectivity index (χ2n) is 9.88. The molecule has 0 amide bonds. The summed E-state index contributed by atoms with van der Waals surface area (Å²) in [6.07, 6.45) is 8.52. The van der Waals surface area contributed by atoms with E-state index in [0.29, 0.717) is 16.7 Å². The van der Waals surface area contributed by atoms with Crippen LogP contribution < -0.4 is 0 Å². The van der Waals surface area contributed by atoms with Gasteiger partial charge in [-0.1, -0.05) is 51.8 Å². The van der Waals surface area contributed by atoms with E-state index in [4.69, 9.17) is 4.74 Å². The molecule has 32 heavy (non-hydrogen) atoms. The number of phenols is 1. The molecule has 168 valence electrons. The summed E-state index contributed by atoms with van der Waals surface area (Å²) in [6, 6.07) is 5.99. The summed E-state index contributed by atoms with van der Waals surface area (Å²) in [5.41, 5.74) is 2.76. The average Bonchev–Trinajstić information content (AvgIpc) is 2.74. The third-order valence-electron chi connectivity index (χ3n) is 7.19. The van der Waals surface area contributed by atoms with E-state index < -0.39 is 16.8 Å². The number of carbonyl (C=O) groups excluding carboxylic acids is 2. The number of benzene rings is 1. The second-order valence-corrected chi connectivity index (χ2v) is 9.88. The Labute approximate surface area is 188 Å². The van der Waals surface area contributed by atoms with Crippen LogP contribution in [-0.4, -0.2) is 28.6 Å². The molecule has 5 nitrogen and oxygen atoms in total. The lowest BCUT2D eigenvalue weighted by Gasteiger charge is -2.50. The number of ketones is 1. The highest BCUT2D eigenvalue weighted by Gasteiger charge is 2.51. The van der Waals surface area contributed by atoms with Crippen LogP contribution in [0.25, 0.3) is 0 Å². The molecule has 3 aliphatic rings. The van der Waals surface area contributed by atoms with Crippen molar-refractivity contribution in [2.45, 2.75) is 47.0 Å². The van der Waals surface area contributed by atoms with Crippen LogP contribution in [0.15, 0.2) is 70.5 Å². The van der Waals surface area contributed by atoms with Crippen LogP contribution >= 0.6 is 0 Å². The molecule has 1 saturated carbocycles. The standard InChI is InChI=1S/C27H30O5/c1-16(2)20-14-18-8-11-21-26(3,15-32-25(31)17-6-9-19(28)10-7-17)12-5-13-27(21,4)22(18)24(30)23(20)29/h6-11,14,16,28,30H,5,12-13,15H2,1-4H3/t26-,27+/m0/s1. The number of aromatic hydroxyl groups is 1. The van der Waals surface area contributed by atoms with Crippen molar-refractivity contribution in [3.05, 3.63) is 76.1 Å². The summed E-state index contributed by atoms with van der Waals surface area (Å²) in [4.78, 5) is 25.5. The van der Waals surface area contributed by atoms with Gasteiger partial charge in [0, 0.05) is 22.0 Å². The van der Waals surface area contributed by atoms with Gasteiger partial charge in [0.2, 0.25) is 5.78 Å². The third-order valence-corrected chi connectivity index (χ3v) is 7.19. The van der Waals surface area contributed by atoms with Crippen molar-refractivity contribution in [2.24, 2.45) is 16.7 Å². The van der Waals surface area contributed by atoms with Gasteiger partial charge in [-0.15, -0.1) is 0 Å². The highest BCUT2D eigenvalue weighted by Crippen LogP contribution is 2.59. The largest absolute Gasteiger partial charge is 0.508 e. The summed E-state index contributed by atoms with van der Waals surface area (Å²) in [6.45, 7) is 8.27. The van der Waals surface area contributed by atoms with Crippen LogP contribution in [0.1, 0.15) is 57.3 Å². The molecule has 0 saturated heterocycles. The molecule has 4 rings (SSSR count). The Morgan fingerprint density at radius 3 is 2.44 bits per heavy atom. The first-order valence-electron chi connectivity index (χ1n) is 11.2. The number of hydrogen-bond acceptors (Lipinski definition) is 5. The first-order valence-corrected chi connectivity index (χ1v) is 11.2. The van der Waals surface area contributed by atoms with Crippen LogP contribution in [0, 0.1) is 16.7 Å². The molecule has 0 bridgehead atoms. The third kappa shape index (κ3) is 3.50. The molecular weight excluding hydrogens is 404 g/mol. The number of ether oxygens (including phenoxy) is 1. The normalized spacial score (nSPS) is 27.3. The minimum Gasteiger partial charge on any atom is -0.508 e. The van der Waals surface area contributed by atoms with E-state index in [0.717, 1.165) is 30.4 Å². The van der Waals surface area contributed by atoms with Crippen molar-refractivity contribution < 1.29 is 24.5 Å². The van der Waals surface area contributed by atoms with Crippen LogP contribution in [0.4, 0.5) is 0 Å². The maximum absolute atomic E-state index is 12.9. The molecule has 0 aromatic heterocycles. The fraction of sp³-hybridized carbons (Fsp3) is 0.407. The van der Waals surface area contributed by atoms with Gasteiger partial charge in [0.1, 0.15) is 12.4 Å². The van der Waals surface area contributed by atoms with E-state index in [9.17, 15) is 19.8 Å². The lowest BCUT2D eigenvalue weighted by atomic mass is 9.54. The maximum atomic E-state index is 12.9. The topological polar surface area (TPSA) is 83.8 Å². The van der Waals surface area contributed by atoms with E-state index in [-0.39, 0.29) is 29.8 Å². The highest BCUT2D eigenvalue weighted by atomic mass is 16.5. The van der Waals surface area contributed by atoms with E-state index in [1.165, 1.54) is 24.3 Å². The molecule has 0 aliphatic heterocycles. The number of esters is 1. The highest BCUT2D eigenvalue weighted by molar-refractivity contribution is 6.10. The van der Waals surface area contributed by atoms with Gasteiger partial charge in [0.25, 0.3) is 0 Å². The number of allylic oxidation sites excluding steroid dienone is 6. The molecule has 2 atom stereocenters. The van der Waals surface area contributed by atoms with Gasteiger partial charge in [-0.3, -0.25) is 4.79 Å². The van der Waals surface area contributed by atoms with Gasteiger partial charge < -0.3 is 14.9 Å². The predicted octanol–water partition coefficient (Wildman–Crippen LogP) is 5.59. The summed E-state index contributed by atoms with van der Waals surface area (Å²) < 4.78 is 5.70. The Balaban J connectivity index is 1.66. The van der Waals surface area contributed by atoms with Crippen molar-refractivity contribution in [3.63, 3.8) is 0 Å². The Bertz CT molecular complexity index is 1100. The van der Waals surface area contributed by atoms with Crippen LogP contribution in [0.2, 0.25) is 0 Å². The fourth-order valence-corrected chi connectivity index (χ4v) is 5.47. The number of fused-ring (bicyclic) bond motifs is 3. The van der Waals surface area contributed by atoms with Crippen molar-refractivity contribution in [2.75, 3.05) is 6.61 Å². The maximum Gasteiger partial charge on any atom is 0.338 e. The van der Waals surface area contributed by atoms with Crippen molar-refractivity contribution in [1.82, 2.24) is 0 Å². The van der Waals surface area contributed by atoms with Gasteiger partial charge in [-0.2, -0.15) is 0 Å². The van der Waals surface area contributed by atoms with Crippen LogP contribution in [-0.2, 0) is 9.53 Å². The van der Waals surface area contributed by atoms with E-state index >= 15 is 0 Å². The first-order chi connectivity index (χ1) is 15.1. The molecule has 3 aliphatic carbocycles. The molecule has 5 heteroatoms. The van der Waals surface area contributed by atoms with Gasteiger partial charge in [-0.25, -0.2) is 4.79 Å². The lowest BCUT2D eigenvalue weighted by Crippen LogP contribution is -2.43. The molecule has 1 fully saturated rings. The molecule has 0 radical (unpaired) electrons. The quantitative estimate of drug-likeness (QED) is 0.604. The zero-order chi connectivity index (χ0) is 23.3. The van der Waals surface area contributed by atoms with Crippen molar-refractivity contribution in [3.8, 4) is 5.75 Å². The van der Waals surface area contributed by atoms with Crippen LogP contribution in [0.3, 0.4) is 0 Å². The van der Waals surface area contributed by atoms with Gasteiger partial charge in [0.15, 0.2) is 5.76 Å². The zero-order valence-electron chi connectivity index (χ0n) is 19.1. The lowest BCUT2D eigenvalue weighted by molar-refractivity contribution is -0.115. The van der Waals surface area contributed by atoms with Crippen LogP contribution in [0.5, 0.6) is 5.75 Å². The number of aliphatic hydroxyl groups is 1. The number of Topliss-reactive ketones (excluding diaryl/α,β-unsaturated/α-hetero) is 1. The zero-order valence-corrected chi connectivity index (χ0v) is 19.1. The summed E-state index contributed by atoms with van der Waals surface area (Å²) >= 11 is 0. The average molecular weight is 435 g/mol. The smallest absolute Gasteiger partial charge is 0.338 e. The molecule has 1 aromatic carbocycles. The SMILES string of the molecule is CC(C)C1=CC2=CC=C3[C@](C)(COC(=O)c4ccc(O)cc4)CCC[C@@]3(C)C2=C(O)C1=O. The monoisotopic (exact) mass is 434 g/mol. The minimum absolute atomic E-state index is 0.0289. The number of rotatable bonds is 4. The number of carbonyl (C=O) groups is 2. The Hall–Kier alpha value is -3.08. The Kier molecular flexibility index (Phi) is 5.40. The fourth-order valence-electron chi connectivity index (χ4n) is 5.47. The Morgan fingerprint density at radius 1 is 1.09 bits per heavy atom. The predicted molar refractivity (Wildman–Crippen MR) is 122 cm³/mol. The Morgan fingerprint density at radius 2 is 1.78 bits per heavy atom. The second kappa shape index (κ2) is 7.80. The van der Waals surface area contributed by atoms with Gasteiger partial charge in [-0.05, 0) is 54.7 Å². The molecule has 0 unspecified atom stereocenters. The van der Waals surface area contributed by atoms with Gasteiger partial charge in [0.05, 0.1) is 5.56 Å².